The van der Waals surface area contributed by atoms with Crippen LogP contribution in [0, 0.1) is 0 Å². The zero-order valence-electron chi connectivity index (χ0n) is 9.57. The van der Waals surface area contributed by atoms with Crippen LogP contribution in [0.2, 0.25) is 0 Å². The smallest absolute Gasteiger partial charge is 0.339 e. The Hall–Kier alpha value is -2.46. The zero-order valence-corrected chi connectivity index (χ0v) is 9.57. The number of azide groups is 1. The molecule has 0 fully saturated rings. The van der Waals surface area contributed by atoms with Gasteiger partial charge in [-0.1, -0.05) is 17.2 Å². The summed E-state index contributed by atoms with van der Waals surface area (Å²) in [4.78, 5) is 14.0. The number of nitrogens with zero attached hydrogens (tertiary/aromatic N) is 3. The molecule has 1 heterocycles. The van der Waals surface area contributed by atoms with Crippen LogP contribution in [0.4, 0.5) is 0 Å². The van der Waals surface area contributed by atoms with Crippen LogP contribution in [0.25, 0.3) is 21.4 Å². The maximum Gasteiger partial charge on any atom is 0.339 e. The molecule has 2 rings (SSSR count). The fraction of sp³-hybridized carbons (Fsp3) is 0.250. The average Bonchev–Trinajstić information content (AvgIpc) is 2.38. The predicted molar refractivity (Wildman–Crippen MR) is 66.6 cm³/mol. The van der Waals surface area contributed by atoms with E-state index in [-0.39, 0.29) is 0 Å². The average molecular weight is 245 g/mol. The van der Waals surface area contributed by atoms with E-state index in [9.17, 15) is 4.79 Å². The van der Waals surface area contributed by atoms with Crippen molar-refractivity contribution in [3.05, 3.63) is 51.2 Å². The van der Waals surface area contributed by atoms with Crippen LogP contribution < -0.4 is 10.4 Å². The number of hydrogen-bond acceptors (Lipinski definition) is 4. The number of fused-ring (bicyclic) bond motifs is 1. The summed E-state index contributed by atoms with van der Waals surface area (Å²) in [7, 11) is 0. The van der Waals surface area contributed by atoms with Crippen LogP contribution in [0.5, 0.6) is 5.75 Å². The second-order valence-corrected chi connectivity index (χ2v) is 3.58. The Balaban J connectivity index is 2.16. The van der Waals surface area contributed by atoms with Gasteiger partial charge in [0.05, 0.1) is 18.1 Å². The number of ether oxygens (including phenoxy) is 1. The van der Waals surface area contributed by atoms with Crippen molar-refractivity contribution in [2.75, 3.05) is 13.2 Å². The van der Waals surface area contributed by atoms with E-state index in [2.05, 4.69) is 10.0 Å². The van der Waals surface area contributed by atoms with Gasteiger partial charge < -0.3 is 9.15 Å². The number of hydrogen-bond donors (Lipinski definition) is 0. The minimum atomic E-state index is -0.446. The second kappa shape index (κ2) is 5.75. The molecule has 0 radical (unpaired) electrons. The standard InChI is InChI=1S/C12H11N3O3/c13-15-14-6-3-7-17-11-8-12(16)18-10-5-2-1-4-9(10)11/h1-2,4-5,8H,3,6-7H2. The van der Waals surface area contributed by atoms with E-state index in [1.165, 1.54) is 6.07 Å². The van der Waals surface area contributed by atoms with Crippen molar-refractivity contribution in [3.63, 3.8) is 0 Å². The van der Waals surface area contributed by atoms with Gasteiger partial charge in [-0.25, -0.2) is 4.79 Å². The highest BCUT2D eigenvalue weighted by molar-refractivity contribution is 5.82. The van der Waals surface area contributed by atoms with Crippen molar-refractivity contribution < 1.29 is 9.15 Å². The summed E-state index contributed by atoms with van der Waals surface area (Å²) in [5.41, 5.74) is 8.17. The molecule has 1 aromatic carbocycles. The minimum absolute atomic E-state index is 0.371. The second-order valence-electron chi connectivity index (χ2n) is 3.58. The number of rotatable bonds is 5. The van der Waals surface area contributed by atoms with Gasteiger partial charge in [-0.3, -0.25) is 0 Å². The van der Waals surface area contributed by atoms with E-state index in [1.54, 1.807) is 12.1 Å². The summed E-state index contributed by atoms with van der Waals surface area (Å²) < 4.78 is 10.5. The molecule has 0 saturated carbocycles. The van der Waals surface area contributed by atoms with Gasteiger partial charge in [-0.05, 0) is 24.1 Å². The van der Waals surface area contributed by atoms with Crippen LogP contribution in [0.3, 0.4) is 0 Å². The highest BCUT2D eigenvalue weighted by Gasteiger charge is 2.05. The summed E-state index contributed by atoms with van der Waals surface area (Å²) in [6.45, 7) is 0.752. The van der Waals surface area contributed by atoms with Gasteiger partial charge in [-0.2, -0.15) is 0 Å². The van der Waals surface area contributed by atoms with Crippen LogP contribution in [0.1, 0.15) is 6.42 Å². The molecule has 0 spiro atoms. The van der Waals surface area contributed by atoms with Crippen molar-refractivity contribution >= 4 is 11.0 Å². The molecule has 0 saturated heterocycles. The quantitative estimate of drug-likeness (QED) is 0.267. The lowest BCUT2D eigenvalue weighted by Crippen LogP contribution is -2.03. The Morgan fingerprint density at radius 3 is 3.06 bits per heavy atom. The Morgan fingerprint density at radius 1 is 1.39 bits per heavy atom. The van der Waals surface area contributed by atoms with Gasteiger partial charge in [0.1, 0.15) is 11.3 Å². The van der Waals surface area contributed by atoms with E-state index in [4.69, 9.17) is 14.7 Å². The van der Waals surface area contributed by atoms with Gasteiger partial charge in [0.2, 0.25) is 0 Å². The Kier molecular flexibility index (Phi) is 3.83. The van der Waals surface area contributed by atoms with Crippen LogP contribution >= 0.6 is 0 Å². The van der Waals surface area contributed by atoms with Crippen LogP contribution in [0.15, 0.2) is 44.7 Å². The third kappa shape index (κ3) is 2.81. The van der Waals surface area contributed by atoms with E-state index in [1.807, 2.05) is 12.1 Å². The zero-order chi connectivity index (χ0) is 12.8. The fourth-order valence-electron chi connectivity index (χ4n) is 1.56. The van der Waals surface area contributed by atoms with Gasteiger partial charge in [-0.15, -0.1) is 0 Å². The highest BCUT2D eigenvalue weighted by atomic mass is 16.5. The van der Waals surface area contributed by atoms with Gasteiger partial charge in [0, 0.05) is 11.5 Å². The maximum absolute atomic E-state index is 11.3. The molecule has 6 nitrogen and oxygen atoms in total. The molecule has 0 aliphatic carbocycles. The normalized spacial score (nSPS) is 10.0. The van der Waals surface area contributed by atoms with Crippen LogP contribution in [-0.4, -0.2) is 13.2 Å². The van der Waals surface area contributed by atoms with Crippen molar-refractivity contribution in [1.29, 1.82) is 0 Å². The topological polar surface area (TPSA) is 88.2 Å². The Bertz CT molecular complexity index is 644. The van der Waals surface area contributed by atoms with Crippen molar-refractivity contribution in [2.45, 2.75) is 6.42 Å². The van der Waals surface area contributed by atoms with Crippen molar-refractivity contribution in [1.82, 2.24) is 0 Å². The molecular formula is C12H11N3O3. The van der Waals surface area contributed by atoms with E-state index >= 15 is 0 Å². The van der Waals surface area contributed by atoms with E-state index in [0.29, 0.717) is 30.9 Å². The number of para-hydroxylation sites is 1. The van der Waals surface area contributed by atoms with Gasteiger partial charge in [0.25, 0.3) is 0 Å². The summed E-state index contributed by atoms with van der Waals surface area (Å²) >= 11 is 0. The van der Waals surface area contributed by atoms with Gasteiger partial charge >= 0.3 is 5.63 Å². The molecule has 2 aromatic rings. The first-order chi connectivity index (χ1) is 8.81. The molecule has 18 heavy (non-hydrogen) atoms. The highest BCUT2D eigenvalue weighted by Crippen LogP contribution is 2.23. The molecule has 0 atom stereocenters. The molecule has 92 valence electrons. The fourth-order valence-corrected chi connectivity index (χ4v) is 1.56. The van der Waals surface area contributed by atoms with E-state index in [0.717, 1.165) is 5.39 Å². The summed E-state index contributed by atoms with van der Waals surface area (Å²) in [6.07, 6.45) is 0.596. The first-order valence-electron chi connectivity index (χ1n) is 5.48. The molecule has 0 aliphatic heterocycles. The molecule has 0 aliphatic rings. The monoisotopic (exact) mass is 245 g/mol. The van der Waals surface area contributed by atoms with E-state index < -0.39 is 5.63 Å². The first-order valence-corrected chi connectivity index (χ1v) is 5.48. The predicted octanol–water partition coefficient (Wildman–Crippen LogP) is 2.87. The molecule has 0 N–H and O–H groups in total. The first kappa shape index (κ1) is 12.0. The van der Waals surface area contributed by atoms with Crippen molar-refractivity contribution in [3.8, 4) is 5.75 Å². The summed E-state index contributed by atoms with van der Waals surface area (Å²) in [5, 5.41) is 4.15. The molecule has 6 heteroatoms. The lowest BCUT2D eigenvalue weighted by atomic mass is 10.2. The maximum atomic E-state index is 11.3. The third-order valence-electron chi connectivity index (χ3n) is 2.34. The lowest BCUT2D eigenvalue weighted by molar-refractivity contribution is 0.314. The van der Waals surface area contributed by atoms with Crippen molar-refractivity contribution in [2.24, 2.45) is 5.11 Å². The Labute approximate surface area is 102 Å². The molecule has 1 aromatic heterocycles. The third-order valence-corrected chi connectivity index (χ3v) is 2.34. The SMILES string of the molecule is [N-]=[N+]=NCCCOc1cc(=O)oc2ccccc12. The largest absolute Gasteiger partial charge is 0.493 e. The van der Waals surface area contributed by atoms with Crippen LogP contribution in [-0.2, 0) is 0 Å². The molecular weight excluding hydrogens is 234 g/mol. The molecule has 0 amide bonds. The lowest BCUT2D eigenvalue weighted by Gasteiger charge is -2.07. The molecule has 0 bridgehead atoms. The summed E-state index contributed by atoms with van der Waals surface area (Å²) in [6, 6.07) is 8.48. The minimum Gasteiger partial charge on any atom is -0.493 e. The van der Waals surface area contributed by atoms with Gasteiger partial charge in [0.15, 0.2) is 0 Å². The molecule has 0 unspecified atom stereocenters. The number of benzene rings is 1. The summed E-state index contributed by atoms with van der Waals surface area (Å²) in [5.74, 6) is 0.489. The Morgan fingerprint density at radius 2 is 2.22 bits per heavy atom.